The number of imidazole rings is 1. The van der Waals surface area contributed by atoms with Crippen LogP contribution in [-0.2, 0) is 4.74 Å². The summed E-state index contributed by atoms with van der Waals surface area (Å²) < 4.78 is 7.05. The number of nitrogens with zero attached hydrogens (tertiary/aromatic N) is 2. The maximum absolute atomic E-state index is 11.9. The highest BCUT2D eigenvalue weighted by Crippen LogP contribution is 2.21. The number of fused-ring (bicyclic) bond motifs is 3. The van der Waals surface area contributed by atoms with Crippen LogP contribution < -0.4 is 0 Å². The van der Waals surface area contributed by atoms with Crippen molar-refractivity contribution in [2.75, 3.05) is 6.61 Å². The first-order valence-corrected chi connectivity index (χ1v) is 6.26. The zero-order valence-corrected chi connectivity index (χ0v) is 10.9. The molecule has 0 spiro atoms. The predicted molar refractivity (Wildman–Crippen MR) is 73.4 cm³/mol. The second kappa shape index (κ2) is 4.39. The van der Waals surface area contributed by atoms with Crippen LogP contribution >= 0.6 is 0 Å². The summed E-state index contributed by atoms with van der Waals surface area (Å²) in [5, 5.41) is 0. The third kappa shape index (κ3) is 1.76. The Hall–Kier alpha value is -2.36. The molecular formula is C15H14N2O2. The van der Waals surface area contributed by atoms with E-state index in [1.807, 2.05) is 41.8 Å². The van der Waals surface area contributed by atoms with Crippen molar-refractivity contribution in [2.45, 2.75) is 13.8 Å². The summed E-state index contributed by atoms with van der Waals surface area (Å²) in [6.45, 7) is 4.07. The maximum Gasteiger partial charge on any atom is 0.338 e. The average molecular weight is 254 g/mol. The van der Waals surface area contributed by atoms with E-state index in [9.17, 15) is 4.79 Å². The fourth-order valence-electron chi connectivity index (χ4n) is 2.28. The summed E-state index contributed by atoms with van der Waals surface area (Å²) >= 11 is 0. The quantitative estimate of drug-likeness (QED) is 0.660. The minimum atomic E-state index is -0.297. The van der Waals surface area contributed by atoms with Gasteiger partial charge in [-0.05, 0) is 32.0 Å². The van der Waals surface area contributed by atoms with Crippen molar-refractivity contribution in [3.8, 4) is 0 Å². The zero-order chi connectivity index (χ0) is 13.4. The second-order valence-electron chi connectivity index (χ2n) is 4.37. The first-order chi connectivity index (χ1) is 9.22. The minimum absolute atomic E-state index is 0.297. The van der Waals surface area contributed by atoms with Crippen molar-refractivity contribution >= 4 is 22.6 Å². The number of carbonyl (C=O) groups excluding carboxylic acids is 1. The van der Waals surface area contributed by atoms with E-state index in [4.69, 9.17) is 4.74 Å². The molecule has 4 heteroatoms. The van der Waals surface area contributed by atoms with Gasteiger partial charge in [0.05, 0.1) is 23.2 Å². The number of aromatic nitrogens is 2. The number of carbonyl (C=O) groups is 1. The fraction of sp³-hybridized carbons (Fsp3) is 0.200. The molecule has 2 heterocycles. The SMILES string of the molecule is CCOC(=O)c1ccn2c(nc3ccccc32)c1C. The van der Waals surface area contributed by atoms with Crippen molar-refractivity contribution in [3.63, 3.8) is 0 Å². The van der Waals surface area contributed by atoms with E-state index in [1.165, 1.54) is 0 Å². The number of rotatable bonds is 2. The lowest BCUT2D eigenvalue weighted by molar-refractivity contribution is 0.0525. The Morgan fingerprint density at radius 1 is 1.32 bits per heavy atom. The van der Waals surface area contributed by atoms with Gasteiger partial charge in [0.15, 0.2) is 0 Å². The van der Waals surface area contributed by atoms with E-state index in [0.717, 1.165) is 22.2 Å². The van der Waals surface area contributed by atoms with E-state index >= 15 is 0 Å². The first-order valence-electron chi connectivity index (χ1n) is 6.26. The van der Waals surface area contributed by atoms with Crippen LogP contribution in [0.4, 0.5) is 0 Å². The van der Waals surface area contributed by atoms with Gasteiger partial charge in [0.2, 0.25) is 0 Å². The molecular weight excluding hydrogens is 240 g/mol. The number of hydrogen-bond acceptors (Lipinski definition) is 3. The Kier molecular flexibility index (Phi) is 2.71. The fourth-order valence-corrected chi connectivity index (χ4v) is 2.28. The second-order valence-corrected chi connectivity index (χ2v) is 4.37. The smallest absolute Gasteiger partial charge is 0.338 e. The highest BCUT2D eigenvalue weighted by Gasteiger charge is 2.15. The molecule has 0 N–H and O–H groups in total. The number of hydrogen-bond donors (Lipinski definition) is 0. The van der Waals surface area contributed by atoms with Crippen LogP contribution in [0.2, 0.25) is 0 Å². The molecule has 0 bridgehead atoms. The van der Waals surface area contributed by atoms with Gasteiger partial charge in [-0.1, -0.05) is 12.1 Å². The molecule has 3 rings (SSSR count). The molecule has 0 amide bonds. The minimum Gasteiger partial charge on any atom is -0.462 e. The Labute approximate surface area is 110 Å². The molecule has 2 aromatic heterocycles. The van der Waals surface area contributed by atoms with E-state index < -0.39 is 0 Å². The van der Waals surface area contributed by atoms with Gasteiger partial charge >= 0.3 is 5.97 Å². The molecule has 0 aliphatic heterocycles. The van der Waals surface area contributed by atoms with E-state index in [-0.39, 0.29) is 5.97 Å². The molecule has 0 aliphatic rings. The third-order valence-corrected chi connectivity index (χ3v) is 3.22. The molecule has 0 fully saturated rings. The predicted octanol–water partition coefficient (Wildman–Crippen LogP) is 2.97. The van der Waals surface area contributed by atoms with Gasteiger partial charge in [0.1, 0.15) is 5.65 Å². The maximum atomic E-state index is 11.9. The highest BCUT2D eigenvalue weighted by atomic mass is 16.5. The van der Waals surface area contributed by atoms with Gasteiger partial charge in [-0.3, -0.25) is 4.40 Å². The van der Waals surface area contributed by atoms with Crippen molar-refractivity contribution in [3.05, 3.63) is 47.7 Å². The molecule has 4 nitrogen and oxygen atoms in total. The Bertz CT molecular complexity index is 774. The van der Waals surface area contributed by atoms with Gasteiger partial charge in [-0.2, -0.15) is 0 Å². The molecule has 0 saturated heterocycles. The van der Waals surface area contributed by atoms with Crippen LogP contribution in [0.3, 0.4) is 0 Å². The standard InChI is InChI=1S/C15H14N2O2/c1-3-19-15(18)11-8-9-17-13-7-5-4-6-12(13)16-14(17)10(11)2/h4-9H,3H2,1-2H3. The molecule has 19 heavy (non-hydrogen) atoms. The van der Waals surface area contributed by atoms with E-state index in [2.05, 4.69) is 4.98 Å². The number of para-hydroxylation sites is 2. The van der Waals surface area contributed by atoms with Crippen molar-refractivity contribution < 1.29 is 9.53 Å². The number of pyridine rings is 1. The molecule has 3 aromatic rings. The van der Waals surface area contributed by atoms with Crippen LogP contribution in [0, 0.1) is 6.92 Å². The number of aryl methyl sites for hydroxylation is 1. The van der Waals surface area contributed by atoms with Gasteiger partial charge in [-0.15, -0.1) is 0 Å². The molecule has 0 atom stereocenters. The summed E-state index contributed by atoms with van der Waals surface area (Å²) in [4.78, 5) is 16.4. The lowest BCUT2D eigenvalue weighted by Gasteiger charge is -2.06. The van der Waals surface area contributed by atoms with Crippen molar-refractivity contribution in [2.24, 2.45) is 0 Å². The van der Waals surface area contributed by atoms with Crippen molar-refractivity contribution in [1.82, 2.24) is 9.38 Å². The van der Waals surface area contributed by atoms with Crippen LogP contribution in [0.1, 0.15) is 22.8 Å². The summed E-state index contributed by atoms with van der Waals surface area (Å²) in [5.74, 6) is -0.297. The van der Waals surface area contributed by atoms with Crippen LogP contribution in [0.5, 0.6) is 0 Å². The number of esters is 1. The summed E-state index contributed by atoms with van der Waals surface area (Å²) in [7, 11) is 0. The largest absolute Gasteiger partial charge is 0.462 e. The number of benzene rings is 1. The molecule has 0 aliphatic carbocycles. The summed E-state index contributed by atoms with van der Waals surface area (Å²) in [6, 6.07) is 9.69. The van der Waals surface area contributed by atoms with E-state index in [0.29, 0.717) is 12.2 Å². The lowest BCUT2D eigenvalue weighted by atomic mass is 10.1. The van der Waals surface area contributed by atoms with Gasteiger partial charge < -0.3 is 4.74 Å². The highest BCUT2D eigenvalue weighted by molar-refractivity contribution is 5.94. The molecule has 0 radical (unpaired) electrons. The van der Waals surface area contributed by atoms with Crippen molar-refractivity contribution in [1.29, 1.82) is 0 Å². The van der Waals surface area contributed by atoms with Gasteiger partial charge in [0.25, 0.3) is 0 Å². The van der Waals surface area contributed by atoms with Crippen LogP contribution in [0.25, 0.3) is 16.7 Å². The zero-order valence-electron chi connectivity index (χ0n) is 10.9. The summed E-state index contributed by atoms with van der Waals surface area (Å²) in [5.41, 5.74) is 4.18. The molecule has 0 saturated carbocycles. The topological polar surface area (TPSA) is 43.6 Å². The van der Waals surface area contributed by atoms with Gasteiger partial charge in [0, 0.05) is 11.8 Å². The van der Waals surface area contributed by atoms with Crippen LogP contribution in [0.15, 0.2) is 36.5 Å². The monoisotopic (exact) mass is 254 g/mol. The van der Waals surface area contributed by atoms with E-state index in [1.54, 1.807) is 13.0 Å². The molecule has 0 unspecified atom stereocenters. The Morgan fingerprint density at radius 2 is 2.11 bits per heavy atom. The summed E-state index contributed by atoms with van der Waals surface area (Å²) in [6.07, 6.45) is 1.86. The molecule has 96 valence electrons. The normalized spacial score (nSPS) is 11.1. The number of ether oxygens (including phenoxy) is 1. The van der Waals surface area contributed by atoms with Gasteiger partial charge in [-0.25, -0.2) is 9.78 Å². The van der Waals surface area contributed by atoms with Crippen LogP contribution in [-0.4, -0.2) is 22.0 Å². The Balaban J connectivity index is 2.27. The third-order valence-electron chi connectivity index (χ3n) is 3.22. The Morgan fingerprint density at radius 3 is 2.89 bits per heavy atom. The first kappa shape index (κ1) is 11.7. The average Bonchev–Trinajstić information content (AvgIpc) is 2.79. The lowest BCUT2D eigenvalue weighted by Crippen LogP contribution is -2.08. The molecule has 1 aromatic carbocycles.